The molecule has 1 aromatic rings. The Morgan fingerprint density at radius 2 is 2.15 bits per heavy atom. The maximum absolute atomic E-state index is 12.0. The molecule has 0 atom stereocenters. The molecule has 20 heavy (non-hydrogen) atoms. The van der Waals surface area contributed by atoms with Gasteiger partial charge in [0.05, 0.1) is 12.7 Å². The fraction of sp³-hybridized carbons (Fsp3) is 0.533. The fourth-order valence-corrected chi connectivity index (χ4v) is 2.31. The summed E-state index contributed by atoms with van der Waals surface area (Å²) in [4.78, 5) is 13.8. The highest BCUT2D eigenvalue weighted by molar-refractivity contribution is 5.77. The molecule has 1 amide bonds. The van der Waals surface area contributed by atoms with Crippen LogP contribution in [0, 0.1) is 0 Å². The average Bonchev–Trinajstić information content (AvgIpc) is 2.53. The van der Waals surface area contributed by atoms with Crippen molar-refractivity contribution >= 4 is 5.91 Å². The summed E-state index contributed by atoms with van der Waals surface area (Å²) in [6.45, 7) is 1.44. The quantitative estimate of drug-likeness (QED) is 0.879. The number of rotatable bonds is 5. The maximum atomic E-state index is 12.0. The van der Waals surface area contributed by atoms with Crippen LogP contribution in [0.15, 0.2) is 24.3 Å². The number of methoxy groups -OCH3 is 1. The molecule has 0 bridgehead atoms. The molecule has 1 fully saturated rings. The SMILES string of the molecule is COC1CCN(C(=O)COc2cccc(CO)c2)CC1. The number of piperidine rings is 1. The monoisotopic (exact) mass is 279 g/mol. The lowest BCUT2D eigenvalue weighted by Crippen LogP contribution is -2.42. The molecule has 5 nitrogen and oxygen atoms in total. The summed E-state index contributed by atoms with van der Waals surface area (Å²) in [5.74, 6) is 0.602. The standard InChI is InChI=1S/C15H21NO4/c1-19-13-5-7-16(8-6-13)15(18)11-20-14-4-2-3-12(9-14)10-17/h2-4,9,13,17H,5-8,10-11H2,1H3. The van der Waals surface area contributed by atoms with Crippen LogP contribution in [0.1, 0.15) is 18.4 Å². The molecule has 1 saturated heterocycles. The third-order valence-corrected chi connectivity index (χ3v) is 3.57. The van der Waals surface area contributed by atoms with Crippen molar-refractivity contribution in [1.82, 2.24) is 4.90 Å². The van der Waals surface area contributed by atoms with Gasteiger partial charge in [-0.05, 0) is 30.5 Å². The third-order valence-electron chi connectivity index (χ3n) is 3.57. The van der Waals surface area contributed by atoms with Crippen LogP contribution in [-0.2, 0) is 16.1 Å². The van der Waals surface area contributed by atoms with Gasteiger partial charge in [0, 0.05) is 20.2 Å². The predicted molar refractivity (Wildman–Crippen MR) is 74.5 cm³/mol. The van der Waals surface area contributed by atoms with Crippen molar-refractivity contribution in [3.63, 3.8) is 0 Å². The zero-order valence-electron chi connectivity index (χ0n) is 11.7. The summed E-state index contributed by atoms with van der Waals surface area (Å²) >= 11 is 0. The fourth-order valence-electron chi connectivity index (χ4n) is 2.31. The molecule has 0 aliphatic carbocycles. The number of hydrogen-bond donors (Lipinski definition) is 1. The maximum Gasteiger partial charge on any atom is 0.260 e. The highest BCUT2D eigenvalue weighted by atomic mass is 16.5. The van der Waals surface area contributed by atoms with E-state index in [1.807, 2.05) is 11.0 Å². The minimum absolute atomic E-state index is 0.00560. The number of benzene rings is 1. The van der Waals surface area contributed by atoms with E-state index in [2.05, 4.69) is 0 Å². The van der Waals surface area contributed by atoms with Crippen molar-refractivity contribution in [2.24, 2.45) is 0 Å². The van der Waals surface area contributed by atoms with Gasteiger partial charge in [-0.15, -0.1) is 0 Å². The third kappa shape index (κ3) is 3.95. The van der Waals surface area contributed by atoms with Gasteiger partial charge in [-0.3, -0.25) is 4.79 Å². The number of hydrogen-bond acceptors (Lipinski definition) is 4. The van der Waals surface area contributed by atoms with Crippen LogP contribution < -0.4 is 4.74 Å². The number of nitrogens with zero attached hydrogens (tertiary/aromatic N) is 1. The predicted octanol–water partition coefficient (Wildman–Crippen LogP) is 1.20. The highest BCUT2D eigenvalue weighted by Gasteiger charge is 2.22. The van der Waals surface area contributed by atoms with E-state index in [0.29, 0.717) is 5.75 Å². The number of ether oxygens (including phenoxy) is 2. The molecule has 1 aliphatic heterocycles. The molecule has 1 heterocycles. The summed E-state index contributed by atoms with van der Waals surface area (Å²) in [5.41, 5.74) is 0.774. The summed E-state index contributed by atoms with van der Waals surface area (Å²) in [6.07, 6.45) is 2.02. The molecule has 1 aliphatic rings. The second kappa shape index (κ2) is 7.26. The highest BCUT2D eigenvalue weighted by Crippen LogP contribution is 2.15. The Morgan fingerprint density at radius 1 is 1.40 bits per heavy atom. The van der Waals surface area contributed by atoms with Gasteiger partial charge in [0.2, 0.25) is 0 Å². The number of amides is 1. The Bertz CT molecular complexity index is 441. The van der Waals surface area contributed by atoms with Gasteiger partial charge < -0.3 is 19.5 Å². The Balaban J connectivity index is 1.80. The van der Waals surface area contributed by atoms with Crippen LogP contribution in [-0.4, -0.2) is 48.8 Å². The van der Waals surface area contributed by atoms with Crippen LogP contribution in [0.4, 0.5) is 0 Å². The van der Waals surface area contributed by atoms with E-state index in [1.54, 1.807) is 25.3 Å². The normalized spacial score (nSPS) is 16.2. The smallest absolute Gasteiger partial charge is 0.260 e. The van der Waals surface area contributed by atoms with Crippen LogP contribution >= 0.6 is 0 Å². The van der Waals surface area contributed by atoms with Gasteiger partial charge in [0.15, 0.2) is 6.61 Å². The molecule has 0 radical (unpaired) electrons. The van der Waals surface area contributed by atoms with Crippen LogP contribution in [0.3, 0.4) is 0 Å². The lowest BCUT2D eigenvalue weighted by molar-refractivity contribution is -0.135. The zero-order valence-corrected chi connectivity index (χ0v) is 11.7. The first-order valence-corrected chi connectivity index (χ1v) is 6.86. The minimum atomic E-state index is -0.0321. The van der Waals surface area contributed by atoms with Crippen LogP contribution in [0.25, 0.3) is 0 Å². The van der Waals surface area contributed by atoms with Crippen molar-refractivity contribution in [2.75, 3.05) is 26.8 Å². The number of likely N-dealkylation sites (tertiary alicyclic amines) is 1. The average molecular weight is 279 g/mol. The summed E-state index contributed by atoms with van der Waals surface area (Å²) in [6, 6.07) is 7.13. The van der Waals surface area contributed by atoms with Crippen LogP contribution in [0.2, 0.25) is 0 Å². The van der Waals surface area contributed by atoms with Crippen molar-refractivity contribution in [2.45, 2.75) is 25.6 Å². The molecule has 0 aromatic heterocycles. The number of aliphatic hydroxyl groups excluding tert-OH is 1. The Morgan fingerprint density at radius 3 is 2.80 bits per heavy atom. The molecule has 1 aromatic carbocycles. The largest absolute Gasteiger partial charge is 0.484 e. The van der Waals surface area contributed by atoms with Gasteiger partial charge >= 0.3 is 0 Å². The molecular formula is C15H21NO4. The van der Waals surface area contributed by atoms with Gasteiger partial charge in [-0.1, -0.05) is 12.1 Å². The van der Waals surface area contributed by atoms with E-state index in [1.165, 1.54) is 0 Å². The first-order valence-electron chi connectivity index (χ1n) is 6.86. The van der Waals surface area contributed by atoms with Crippen molar-refractivity contribution in [3.05, 3.63) is 29.8 Å². The molecule has 110 valence electrons. The van der Waals surface area contributed by atoms with E-state index in [-0.39, 0.29) is 25.2 Å². The molecule has 0 saturated carbocycles. The molecular weight excluding hydrogens is 258 g/mol. The van der Waals surface area contributed by atoms with Crippen molar-refractivity contribution in [3.8, 4) is 5.75 Å². The Hall–Kier alpha value is -1.59. The molecule has 0 spiro atoms. The topological polar surface area (TPSA) is 59.0 Å². The van der Waals surface area contributed by atoms with Crippen molar-refractivity contribution < 1.29 is 19.4 Å². The van der Waals surface area contributed by atoms with E-state index in [0.717, 1.165) is 31.5 Å². The first-order chi connectivity index (χ1) is 9.72. The first kappa shape index (κ1) is 14.8. The van der Waals surface area contributed by atoms with Gasteiger partial charge in [0.25, 0.3) is 5.91 Å². The lowest BCUT2D eigenvalue weighted by atomic mass is 10.1. The summed E-state index contributed by atoms with van der Waals surface area (Å²) in [5, 5.41) is 9.05. The summed E-state index contributed by atoms with van der Waals surface area (Å²) in [7, 11) is 1.71. The Kier molecular flexibility index (Phi) is 5.38. The second-order valence-corrected chi connectivity index (χ2v) is 4.91. The molecule has 2 rings (SSSR count). The second-order valence-electron chi connectivity index (χ2n) is 4.91. The molecule has 5 heteroatoms. The van der Waals surface area contributed by atoms with E-state index in [9.17, 15) is 4.79 Å². The molecule has 1 N–H and O–H groups in total. The number of aliphatic hydroxyl groups is 1. The minimum Gasteiger partial charge on any atom is -0.484 e. The van der Waals surface area contributed by atoms with Gasteiger partial charge in [-0.2, -0.15) is 0 Å². The lowest BCUT2D eigenvalue weighted by Gasteiger charge is -2.31. The van der Waals surface area contributed by atoms with Gasteiger partial charge in [-0.25, -0.2) is 0 Å². The van der Waals surface area contributed by atoms with E-state index >= 15 is 0 Å². The molecule has 0 unspecified atom stereocenters. The zero-order chi connectivity index (χ0) is 14.4. The van der Waals surface area contributed by atoms with Crippen molar-refractivity contribution in [1.29, 1.82) is 0 Å². The van der Waals surface area contributed by atoms with Crippen LogP contribution in [0.5, 0.6) is 5.75 Å². The van der Waals surface area contributed by atoms with E-state index in [4.69, 9.17) is 14.6 Å². The number of carbonyl (C=O) groups is 1. The Labute approximate surface area is 119 Å². The number of carbonyl (C=O) groups excluding carboxylic acids is 1. The van der Waals surface area contributed by atoms with Gasteiger partial charge in [0.1, 0.15) is 5.75 Å². The summed E-state index contributed by atoms with van der Waals surface area (Å²) < 4.78 is 10.8. The van der Waals surface area contributed by atoms with E-state index < -0.39 is 0 Å².